The van der Waals surface area contributed by atoms with Crippen LogP contribution in [-0.4, -0.2) is 25.3 Å². The quantitative estimate of drug-likeness (QED) is 0.297. The molecule has 0 aromatic carbocycles. The van der Waals surface area contributed by atoms with E-state index in [-0.39, 0.29) is 12.1 Å². The summed E-state index contributed by atoms with van der Waals surface area (Å²) in [6.45, 7) is 2.72. The van der Waals surface area contributed by atoms with Gasteiger partial charge in [0.25, 0.3) is 0 Å². The minimum Gasteiger partial charge on any atom is -0.459 e. The monoisotopic (exact) mass is 174 g/mol. The summed E-state index contributed by atoms with van der Waals surface area (Å²) in [4.78, 5) is 10.9. The smallest absolute Gasteiger partial charge is 0.334 e. The van der Waals surface area contributed by atoms with E-state index in [0.717, 1.165) is 0 Å². The lowest BCUT2D eigenvalue weighted by molar-refractivity contribution is -0.139. The van der Waals surface area contributed by atoms with Gasteiger partial charge in [-0.1, -0.05) is 0 Å². The molecule has 0 spiro atoms. The molecular formula is C7H10O3S. The number of esters is 1. The Labute approximate surface area is 70.8 Å². The van der Waals surface area contributed by atoms with Crippen molar-refractivity contribution in [1.29, 1.82) is 0 Å². The van der Waals surface area contributed by atoms with Crippen molar-refractivity contribution in [2.24, 2.45) is 0 Å². The molecule has 0 saturated carbocycles. The molecule has 0 amide bonds. The van der Waals surface area contributed by atoms with Crippen LogP contribution in [0.2, 0.25) is 0 Å². The Hall–Kier alpha value is -0.480. The largest absolute Gasteiger partial charge is 0.459 e. The van der Waals surface area contributed by atoms with Crippen molar-refractivity contribution < 1.29 is 14.3 Å². The molecular weight excluding hydrogens is 164 g/mol. The second-order valence-electron chi connectivity index (χ2n) is 2.37. The van der Waals surface area contributed by atoms with Crippen LogP contribution in [0.4, 0.5) is 0 Å². The summed E-state index contributed by atoms with van der Waals surface area (Å²) < 4.78 is 9.69. The number of rotatable bonds is 3. The normalized spacial score (nSPS) is 23.1. The predicted molar refractivity (Wildman–Crippen MR) is 43.4 cm³/mol. The highest BCUT2D eigenvalue weighted by Crippen LogP contribution is 2.09. The van der Waals surface area contributed by atoms with E-state index in [1.165, 1.54) is 5.41 Å². The number of carbonyl (C=O) groups excluding carboxylic acids is 1. The number of carbonyl (C=O) groups is 1. The van der Waals surface area contributed by atoms with Crippen LogP contribution in [0.5, 0.6) is 0 Å². The molecule has 1 atom stereocenters. The summed E-state index contributed by atoms with van der Waals surface area (Å²) in [6, 6.07) is 0. The fourth-order valence-corrected chi connectivity index (χ4v) is 0.605. The Morgan fingerprint density at radius 3 is 3.00 bits per heavy atom. The van der Waals surface area contributed by atoms with Crippen molar-refractivity contribution >= 4 is 18.6 Å². The van der Waals surface area contributed by atoms with Crippen LogP contribution in [0, 0.1) is 0 Å². The molecule has 1 fully saturated rings. The molecule has 4 heteroatoms. The van der Waals surface area contributed by atoms with Crippen molar-refractivity contribution in [3.8, 4) is 0 Å². The zero-order valence-corrected chi connectivity index (χ0v) is 7.14. The molecule has 11 heavy (non-hydrogen) atoms. The molecule has 1 aliphatic heterocycles. The van der Waals surface area contributed by atoms with Gasteiger partial charge in [-0.2, -0.15) is 12.6 Å². The van der Waals surface area contributed by atoms with Gasteiger partial charge in [0.1, 0.15) is 12.7 Å². The van der Waals surface area contributed by atoms with Crippen LogP contribution >= 0.6 is 12.6 Å². The highest BCUT2D eigenvalue weighted by atomic mass is 32.1. The molecule has 3 nitrogen and oxygen atoms in total. The second-order valence-corrected chi connectivity index (χ2v) is 2.62. The average Bonchev–Trinajstić information content (AvgIpc) is 2.81. The predicted octanol–water partition coefficient (Wildman–Crippen LogP) is 0.762. The zero-order chi connectivity index (χ0) is 8.27. The summed E-state index contributed by atoms with van der Waals surface area (Å²) in [5.41, 5.74) is 0.508. The molecule has 1 heterocycles. The van der Waals surface area contributed by atoms with Gasteiger partial charge in [-0.05, 0) is 12.3 Å². The van der Waals surface area contributed by atoms with E-state index in [4.69, 9.17) is 9.47 Å². The van der Waals surface area contributed by atoms with Crippen molar-refractivity contribution in [2.75, 3.05) is 13.2 Å². The van der Waals surface area contributed by atoms with Crippen LogP contribution in [0.3, 0.4) is 0 Å². The van der Waals surface area contributed by atoms with Gasteiger partial charge in [0.2, 0.25) is 0 Å². The lowest BCUT2D eigenvalue weighted by Gasteiger charge is -2.00. The van der Waals surface area contributed by atoms with Crippen LogP contribution in [0.1, 0.15) is 6.92 Å². The van der Waals surface area contributed by atoms with Crippen LogP contribution < -0.4 is 0 Å². The van der Waals surface area contributed by atoms with E-state index in [0.29, 0.717) is 18.8 Å². The van der Waals surface area contributed by atoms with Crippen molar-refractivity contribution in [2.45, 2.75) is 13.0 Å². The molecule has 0 radical (unpaired) electrons. The Morgan fingerprint density at radius 1 is 1.91 bits per heavy atom. The molecule has 0 aliphatic carbocycles. The summed E-state index contributed by atoms with van der Waals surface area (Å²) in [5, 5.41) is 1.43. The van der Waals surface area contributed by atoms with Crippen molar-refractivity contribution in [3.05, 3.63) is 11.0 Å². The number of epoxide rings is 1. The summed E-state index contributed by atoms with van der Waals surface area (Å²) in [5.74, 6) is -0.324. The van der Waals surface area contributed by atoms with Crippen LogP contribution in [0.25, 0.3) is 0 Å². The molecule has 62 valence electrons. The lowest BCUT2D eigenvalue weighted by atomic mass is 10.4. The number of thiol groups is 1. The number of hydrogen-bond donors (Lipinski definition) is 1. The Morgan fingerprint density at radius 2 is 2.55 bits per heavy atom. The molecule has 1 saturated heterocycles. The van der Waals surface area contributed by atoms with Gasteiger partial charge in [-0.25, -0.2) is 4.79 Å². The van der Waals surface area contributed by atoms with Crippen LogP contribution in [0.15, 0.2) is 11.0 Å². The maximum Gasteiger partial charge on any atom is 0.334 e. The SMILES string of the molecule is C/C(=C\S)C(=O)OCC1CO1. The molecule has 0 N–H and O–H groups in total. The number of hydrogen-bond acceptors (Lipinski definition) is 4. The third-order valence-electron chi connectivity index (χ3n) is 1.32. The minimum atomic E-state index is -0.324. The van der Waals surface area contributed by atoms with Crippen molar-refractivity contribution in [1.82, 2.24) is 0 Å². The van der Waals surface area contributed by atoms with Gasteiger partial charge in [0.05, 0.1) is 6.61 Å². The minimum absolute atomic E-state index is 0.131. The van der Waals surface area contributed by atoms with Gasteiger partial charge in [0, 0.05) is 5.57 Å². The zero-order valence-electron chi connectivity index (χ0n) is 6.24. The third kappa shape index (κ3) is 2.95. The molecule has 0 aromatic heterocycles. The average molecular weight is 174 g/mol. The molecule has 1 unspecified atom stereocenters. The van der Waals surface area contributed by atoms with E-state index in [1.807, 2.05) is 0 Å². The van der Waals surface area contributed by atoms with E-state index < -0.39 is 0 Å². The Bertz CT molecular complexity index is 184. The van der Waals surface area contributed by atoms with Gasteiger partial charge >= 0.3 is 5.97 Å². The number of ether oxygens (including phenoxy) is 2. The van der Waals surface area contributed by atoms with E-state index in [9.17, 15) is 4.79 Å². The summed E-state index contributed by atoms with van der Waals surface area (Å²) >= 11 is 3.82. The van der Waals surface area contributed by atoms with Gasteiger partial charge in [0.15, 0.2) is 0 Å². The molecule has 1 rings (SSSR count). The first-order chi connectivity index (χ1) is 5.24. The van der Waals surface area contributed by atoms with Gasteiger partial charge < -0.3 is 9.47 Å². The van der Waals surface area contributed by atoms with E-state index >= 15 is 0 Å². The Balaban J connectivity index is 2.19. The Kier molecular flexibility index (Phi) is 2.96. The fraction of sp³-hybridized carbons (Fsp3) is 0.571. The first-order valence-corrected chi connectivity index (χ1v) is 3.85. The summed E-state index contributed by atoms with van der Waals surface area (Å²) in [7, 11) is 0. The first kappa shape index (κ1) is 8.62. The second kappa shape index (κ2) is 3.78. The van der Waals surface area contributed by atoms with Gasteiger partial charge in [-0.15, -0.1) is 0 Å². The van der Waals surface area contributed by atoms with Crippen molar-refractivity contribution in [3.63, 3.8) is 0 Å². The highest BCUT2D eigenvalue weighted by Gasteiger charge is 2.24. The maximum absolute atomic E-state index is 10.9. The van der Waals surface area contributed by atoms with E-state index in [2.05, 4.69) is 12.6 Å². The standard InChI is InChI=1S/C7H10O3S/c1-5(4-11)7(8)10-3-6-2-9-6/h4,6,11H,2-3H2,1H3/b5-4+. The van der Waals surface area contributed by atoms with E-state index in [1.54, 1.807) is 6.92 Å². The third-order valence-corrected chi connectivity index (χ3v) is 1.71. The fourth-order valence-electron chi connectivity index (χ4n) is 0.499. The molecule has 0 aromatic rings. The molecule has 0 bridgehead atoms. The van der Waals surface area contributed by atoms with Crippen LogP contribution in [-0.2, 0) is 14.3 Å². The topological polar surface area (TPSA) is 38.8 Å². The highest BCUT2D eigenvalue weighted by molar-refractivity contribution is 7.83. The lowest BCUT2D eigenvalue weighted by Crippen LogP contribution is -2.10. The first-order valence-electron chi connectivity index (χ1n) is 3.33. The maximum atomic E-state index is 10.9. The summed E-state index contributed by atoms with van der Waals surface area (Å²) in [6.07, 6.45) is 0.131. The molecule has 1 aliphatic rings. The van der Waals surface area contributed by atoms with Gasteiger partial charge in [-0.3, -0.25) is 0 Å².